The maximum absolute atomic E-state index is 12.3. The van der Waals surface area contributed by atoms with Gasteiger partial charge in [0.2, 0.25) is 5.91 Å². The van der Waals surface area contributed by atoms with Gasteiger partial charge in [0.15, 0.2) is 0 Å². The first-order valence-corrected chi connectivity index (χ1v) is 10.4. The van der Waals surface area contributed by atoms with Gasteiger partial charge < -0.3 is 5.32 Å². The normalized spacial score (nSPS) is 12.3. The van der Waals surface area contributed by atoms with Gasteiger partial charge in [-0.1, -0.05) is 74.1 Å². The van der Waals surface area contributed by atoms with E-state index in [0.717, 1.165) is 27.9 Å². The SMILES string of the molecule is CC(C)Cc1ccc([C@@H](C)NC(=O)CSc2ccc3ccccc3n2)cc1. The first kappa shape index (κ1) is 19.4. The molecule has 1 aromatic heterocycles. The highest BCUT2D eigenvalue weighted by Crippen LogP contribution is 2.20. The predicted octanol–water partition coefficient (Wildman–Crippen LogP) is 5.40. The summed E-state index contributed by atoms with van der Waals surface area (Å²) in [6.07, 6.45) is 1.08. The highest BCUT2D eigenvalue weighted by Gasteiger charge is 2.11. The Bertz CT molecular complexity index is 906. The minimum absolute atomic E-state index is 0.00392. The van der Waals surface area contributed by atoms with Crippen LogP contribution in [0.1, 0.15) is 37.9 Å². The molecule has 0 saturated heterocycles. The Labute approximate surface area is 165 Å². The first-order chi connectivity index (χ1) is 13.0. The van der Waals surface area contributed by atoms with Crippen LogP contribution >= 0.6 is 11.8 Å². The van der Waals surface area contributed by atoms with Crippen LogP contribution in [-0.2, 0) is 11.2 Å². The molecule has 140 valence electrons. The second-order valence-corrected chi connectivity index (χ2v) is 8.26. The minimum atomic E-state index is -0.00392. The van der Waals surface area contributed by atoms with Gasteiger partial charge in [0.1, 0.15) is 0 Å². The Hall–Kier alpha value is -2.33. The van der Waals surface area contributed by atoms with Crippen LogP contribution in [0.3, 0.4) is 0 Å². The molecular formula is C23H26N2OS. The summed E-state index contributed by atoms with van der Waals surface area (Å²) >= 11 is 1.47. The number of benzene rings is 2. The van der Waals surface area contributed by atoms with Gasteiger partial charge in [0, 0.05) is 5.39 Å². The van der Waals surface area contributed by atoms with Crippen molar-refractivity contribution < 1.29 is 4.79 Å². The lowest BCUT2D eigenvalue weighted by molar-refractivity contribution is -0.119. The maximum Gasteiger partial charge on any atom is 0.230 e. The number of aromatic nitrogens is 1. The van der Waals surface area contributed by atoms with Crippen molar-refractivity contribution in [1.29, 1.82) is 0 Å². The average molecular weight is 379 g/mol. The van der Waals surface area contributed by atoms with E-state index in [4.69, 9.17) is 0 Å². The lowest BCUT2D eigenvalue weighted by atomic mass is 10.00. The third-order valence-corrected chi connectivity index (χ3v) is 5.35. The smallest absolute Gasteiger partial charge is 0.230 e. The van der Waals surface area contributed by atoms with E-state index in [2.05, 4.69) is 48.4 Å². The van der Waals surface area contributed by atoms with Gasteiger partial charge in [0.05, 0.1) is 22.3 Å². The molecule has 3 aromatic rings. The van der Waals surface area contributed by atoms with Crippen LogP contribution < -0.4 is 5.32 Å². The monoisotopic (exact) mass is 378 g/mol. The molecule has 4 heteroatoms. The zero-order valence-electron chi connectivity index (χ0n) is 16.1. The first-order valence-electron chi connectivity index (χ1n) is 9.38. The Kier molecular flexibility index (Phi) is 6.51. The van der Waals surface area contributed by atoms with Gasteiger partial charge in [-0.2, -0.15) is 0 Å². The summed E-state index contributed by atoms with van der Waals surface area (Å²) in [5.41, 5.74) is 3.42. The highest BCUT2D eigenvalue weighted by atomic mass is 32.2. The van der Waals surface area contributed by atoms with Crippen molar-refractivity contribution >= 4 is 28.6 Å². The minimum Gasteiger partial charge on any atom is -0.349 e. The van der Waals surface area contributed by atoms with Gasteiger partial charge in [-0.3, -0.25) is 4.79 Å². The topological polar surface area (TPSA) is 42.0 Å². The van der Waals surface area contributed by atoms with Gasteiger partial charge in [-0.05, 0) is 42.5 Å². The van der Waals surface area contributed by atoms with Gasteiger partial charge >= 0.3 is 0 Å². The molecule has 3 rings (SSSR count). The van der Waals surface area contributed by atoms with Crippen LogP contribution in [0.2, 0.25) is 0 Å². The molecule has 0 saturated carbocycles. The Morgan fingerprint density at radius 2 is 1.74 bits per heavy atom. The summed E-state index contributed by atoms with van der Waals surface area (Å²) in [7, 11) is 0. The molecule has 0 aliphatic carbocycles. The van der Waals surface area contributed by atoms with Crippen LogP contribution in [0.25, 0.3) is 10.9 Å². The molecule has 0 fully saturated rings. The Morgan fingerprint density at radius 3 is 2.48 bits per heavy atom. The molecule has 1 heterocycles. The number of carbonyl (C=O) groups excluding carboxylic acids is 1. The molecule has 2 aromatic carbocycles. The van der Waals surface area contributed by atoms with E-state index in [9.17, 15) is 4.79 Å². The third-order valence-electron chi connectivity index (χ3n) is 4.43. The van der Waals surface area contributed by atoms with E-state index in [1.807, 2.05) is 43.3 Å². The number of nitrogens with one attached hydrogen (secondary N) is 1. The van der Waals surface area contributed by atoms with E-state index < -0.39 is 0 Å². The van der Waals surface area contributed by atoms with Crippen molar-refractivity contribution in [3.8, 4) is 0 Å². The fourth-order valence-electron chi connectivity index (χ4n) is 3.05. The molecule has 0 unspecified atom stereocenters. The number of amides is 1. The molecule has 27 heavy (non-hydrogen) atoms. The lowest BCUT2D eigenvalue weighted by Crippen LogP contribution is -2.28. The summed E-state index contributed by atoms with van der Waals surface area (Å²) in [6, 6.07) is 20.6. The molecule has 1 N–H and O–H groups in total. The Morgan fingerprint density at radius 1 is 1.00 bits per heavy atom. The predicted molar refractivity (Wildman–Crippen MR) is 114 cm³/mol. The van der Waals surface area contributed by atoms with E-state index >= 15 is 0 Å². The third kappa shape index (κ3) is 5.57. The fourth-order valence-corrected chi connectivity index (χ4v) is 3.74. The summed E-state index contributed by atoms with van der Waals surface area (Å²) in [4.78, 5) is 16.9. The number of hydrogen-bond donors (Lipinski definition) is 1. The van der Waals surface area contributed by atoms with E-state index in [0.29, 0.717) is 11.7 Å². The maximum atomic E-state index is 12.3. The number of hydrogen-bond acceptors (Lipinski definition) is 3. The highest BCUT2D eigenvalue weighted by molar-refractivity contribution is 7.99. The number of fused-ring (bicyclic) bond motifs is 1. The largest absolute Gasteiger partial charge is 0.349 e. The second-order valence-electron chi connectivity index (χ2n) is 7.26. The summed E-state index contributed by atoms with van der Waals surface area (Å²) in [5, 5.41) is 5.06. The zero-order valence-corrected chi connectivity index (χ0v) is 16.9. The molecule has 3 nitrogen and oxygen atoms in total. The second kappa shape index (κ2) is 9.05. The molecular weight excluding hydrogens is 352 g/mol. The quantitative estimate of drug-likeness (QED) is 0.560. The fraction of sp³-hybridized carbons (Fsp3) is 0.304. The molecule has 0 spiro atoms. The zero-order chi connectivity index (χ0) is 19.2. The van der Waals surface area contributed by atoms with E-state index in [1.54, 1.807) is 0 Å². The molecule has 0 radical (unpaired) electrons. The number of pyridine rings is 1. The van der Waals surface area contributed by atoms with Gasteiger partial charge in [-0.25, -0.2) is 4.98 Å². The van der Waals surface area contributed by atoms with E-state index in [1.165, 1.54) is 17.3 Å². The van der Waals surface area contributed by atoms with Crippen LogP contribution in [0.5, 0.6) is 0 Å². The number of para-hydroxylation sites is 1. The van der Waals surface area contributed by atoms with Crippen molar-refractivity contribution in [3.63, 3.8) is 0 Å². The standard InChI is InChI=1S/C23H26N2OS/c1-16(2)14-18-8-10-19(11-9-18)17(3)24-22(26)15-27-23-13-12-20-6-4-5-7-21(20)25-23/h4-13,16-17H,14-15H2,1-3H3,(H,24,26)/t17-/m1/s1. The molecule has 1 atom stereocenters. The number of nitrogens with zero attached hydrogens (tertiary/aromatic N) is 1. The summed E-state index contributed by atoms with van der Waals surface area (Å²) in [6.45, 7) is 6.46. The van der Waals surface area contributed by atoms with Gasteiger partial charge in [-0.15, -0.1) is 0 Å². The van der Waals surface area contributed by atoms with Crippen LogP contribution in [0.4, 0.5) is 0 Å². The molecule has 0 aliphatic heterocycles. The van der Waals surface area contributed by atoms with Gasteiger partial charge in [0.25, 0.3) is 0 Å². The van der Waals surface area contributed by atoms with Crippen LogP contribution in [-0.4, -0.2) is 16.6 Å². The number of thioether (sulfide) groups is 1. The summed E-state index contributed by atoms with van der Waals surface area (Å²) < 4.78 is 0. The number of carbonyl (C=O) groups is 1. The molecule has 1 amide bonds. The van der Waals surface area contributed by atoms with Crippen LogP contribution in [0, 0.1) is 5.92 Å². The summed E-state index contributed by atoms with van der Waals surface area (Å²) in [5.74, 6) is 1.03. The van der Waals surface area contributed by atoms with Crippen molar-refractivity contribution in [3.05, 3.63) is 71.8 Å². The van der Waals surface area contributed by atoms with E-state index in [-0.39, 0.29) is 11.9 Å². The van der Waals surface area contributed by atoms with Crippen LogP contribution in [0.15, 0.2) is 65.7 Å². The lowest BCUT2D eigenvalue weighted by Gasteiger charge is -2.15. The average Bonchev–Trinajstić information content (AvgIpc) is 2.66. The molecule has 0 bridgehead atoms. The molecule has 0 aliphatic rings. The Balaban J connectivity index is 1.53. The number of rotatable bonds is 7. The van der Waals surface area contributed by atoms with Crippen molar-refractivity contribution in [2.24, 2.45) is 5.92 Å². The van der Waals surface area contributed by atoms with Crippen molar-refractivity contribution in [1.82, 2.24) is 10.3 Å². The van der Waals surface area contributed by atoms with Crippen molar-refractivity contribution in [2.75, 3.05) is 5.75 Å². The van der Waals surface area contributed by atoms with Crippen molar-refractivity contribution in [2.45, 2.75) is 38.3 Å².